The standard InChI is InChI=1S/C19H22N2O3.ClH/c20-16(15-5-2-1-3-6-15)12-19(22)21-13-14-7-8-17-18(11-14)24-10-4-9-23-17;/h1-3,5-8,11,16H,4,9-10,12-13,20H2,(H,21,22);1H. The Labute approximate surface area is 153 Å². The third-order valence-corrected chi connectivity index (χ3v) is 3.93. The topological polar surface area (TPSA) is 73.6 Å². The molecule has 1 unspecified atom stereocenters. The van der Waals surface area contributed by atoms with Crippen molar-refractivity contribution in [3.63, 3.8) is 0 Å². The molecule has 1 amide bonds. The van der Waals surface area contributed by atoms with Crippen molar-refractivity contribution in [3.8, 4) is 11.5 Å². The minimum atomic E-state index is -0.296. The van der Waals surface area contributed by atoms with E-state index < -0.39 is 0 Å². The van der Waals surface area contributed by atoms with Gasteiger partial charge in [0, 0.05) is 25.4 Å². The van der Waals surface area contributed by atoms with E-state index >= 15 is 0 Å². The Balaban J connectivity index is 0.00000225. The van der Waals surface area contributed by atoms with E-state index in [2.05, 4.69) is 5.32 Å². The van der Waals surface area contributed by atoms with Crippen molar-refractivity contribution in [1.82, 2.24) is 5.32 Å². The van der Waals surface area contributed by atoms with Gasteiger partial charge in [-0.3, -0.25) is 4.79 Å². The fourth-order valence-electron chi connectivity index (χ4n) is 2.61. The van der Waals surface area contributed by atoms with Gasteiger partial charge in [0.2, 0.25) is 5.91 Å². The highest BCUT2D eigenvalue weighted by atomic mass is 35.5. The average Bonchev–Trinajstić information content (AvgIpc) is 2.85. The first kappa shape index (κ1) is 19.1. The lowest BCUT2D eigenvalue weighted by Gasteiger charge is -2.13. The van der Waals surface area contributed by atoms with E-state index in [1.807, 2.05) is 48.5 Å². The molecule has 3 rings (SSSR count). The molecule has 1 aliphatic heterocycles. The summed E-state index contributed by atoms with van der Waals surface area (Å²) < 4.78 is 11.3. The summed E-state index contributed by atoms with van der Waals surface area (Å²) in [7, 11) is 0. The van der Waals surface area contributed by atoms with Gasteiger partial charge in [0.15, 0.2) is 11.5 Å². The van der Waals surface area contributed by atoms with Gasteiger partial charge in [0.25, 0.3) is 0 Å². The first-order valence-electron chi connectivity index (χ1n) is 8.18. The van der Waals surface area contributed by atoms with Crippen LogP contribution in [0, 0.1) is 0 Å². The Morgan fingerprint density at radius 1 is 1.08 bits per heavy atom. The van der Waals surface area contributed by atoms with Crippen molar-refractivity contribution >= 4 is 18.3 Å². The van der Waals surface area contributed by atoms with Crippen molar-refractivity contribution in [2.24, 2.45) is 5.73 Å². The number of hydrogen-bond acceptors (Lipinski definition) is 4. The maximum absolute atomic E-state index is 12.1. The molecular formula is C19H23ClN2O3. The molecule has 5 nitrogen and oxygen atoms in total. The van der Waals surface area contributed by atoms with Gasteiger partial charge in [-0.15, -0.1) is 12.4 Å². The molecular weight excluding hydrogens is 340 g/mol. The molecule has 0 fully saturated rings. The van der Waals surface area contributed by atoms with Gasteiger partial charge in [0.1, 0.15) is 0 Å². The summed E-state index contributed by atoms with van der Waals surface area (Å²) in [5.41, 5.74) is 8.01. The number of benzene rings is 2. The van der Waals surface area contributed by atoms with Gasteiger partial charge >= 0.3 is 0 Å². The Morgan fingerprint density at radius 2 is 1.80 bits per heavy atom. The third kappa shape index (κ3) is 5.37. The van der Waals surface area contributed by atoms with Crippen LogP contribution < -0.4 is 20.5 Å². The molecule has 6 heteroatoms. The smallest absolute Gasteiger partial charge is 0.222 e. The number of nitrogens with two attached hydrogens (primary N) is 1. The van der Waals surface area contributed by atoms with Gasteiger partial charge in [-0.2, -0.15) is 0 Å². The van der Waals surface area contributed by atoms with Crippen molar-refractivity contribution in [3.05, 3.63) is 59.7 Å². The van der Waals surface area contributed by atoms with Crippen molar-refractivity contribution in [2.45, 2.75) is 25.4 Å². The summed E-state index contributed by atoms with van der Waals surface area (Å²) in [5.74, 6) is 1.42. The molecule has 25 heavy (non-hydrogen) atoms. The van der Waals surface area contributed by atoms with Crippen LogP contribution in [-0.2, 0) is 11.3 Å². The van der Waals surface area contributed by atoms with Crippen LogP contribution in [0.1, 0.15) is 30.0 Å². The van der Waals surface area contributed by atoms with Crippen LogP contribution in [0.4, 0.5) is 0 Å². The van der Waals surface area contributed by atoms with E-state index in [-0.39, 0.29) is 30.8 Å². The summed E-state index contributed by atoms with van der Waals surface area (Å²) in [6.07, 6.45) is 1.13. The summed E-state index contributed by atoms with van der Waals surface area (Å²) in [5, 5.41) is 2.91. The number of carbonyl (C=O) groups is 1. The zero-order valence-electron chi connectivity index (χ0n) is 13.9. The van der Waals surface area contributed by atoms with E-state index in [1.54, 1.807) is 0 Å². The van der Waals surface area contributed by atoms with Crippen LogP contribution in [0.5, 0.6) is 11.5 Å². The first-order valence-corrected chi connectivity index (χ1v) is 8.18. The fourth-order valence-corrected chi connectivity index (χ4v) is 2.61. The van der Waals surface area contributed by atoms with Gasteiger partial charge in [0.05, 0.1) is 13.2 Å². The first-order chi connectivity index (χ1) is 11.7. The monoisotopic (exact) mass is 362 g/mol. The molecule has 1 aliphatic rings. The van der Waals surface area contributed by atoms with Crippen LogP contribution >= 0.6 is 12.4 Å². The van der Waals surface area contributed by atoms with Crippen LogP contribution in [0.25, 0.3) is 0 Å². The van der Waals surface area contributed by atoms with Crippen molar-refractivity contribution < 1.29 is 14.3 Å². The maximum atomic E-state index is 12.1. The molecule has 1 heterocycles. The maximum Gasteiger partial charge on any atom is 0.222 e. The molecule has 0 radical (unpaired) electrons. The Morgan fingerprint density at radius 3 is 2.56 bits per heavy atom. The summed E-state index contributed by atoms with van der Waals surface area (Å²) in [6, 6.07) is 15.1. The quantitative estimate of drug-likeness (QED) is 0.857. The molecule has 0 aliphatic carbocycles. The second-order valence-corrected chi connectivity index (χ2v) is 5.83. The van der Waals surface area contributed by atoms with Crippen molar-refractivity contribution in [2.75, 3.05) is 13.2 Å². The number of ether oxygens (including phenoxy) is 2. The largest absolute Gasteiger partial charge is 0.490 e. The van der Waals surface area contributed by atoms with Crippen LogP contribution in [0.3, 0.4) is 0 Å². The Bertz CT molecular complexity index is 694. The normalized spacial score (nSPS) is 14.0. The lowest BCUT2D eigenvalue weighted by molar-refractivity contribution is -0.121. The van der Waals surface area contributed by atoms with Gasteiger partial charge in [-0.25, -0.2) is 0 Å². The molecule has 0 saturated carbocycles. The highest BCUT2D eigenvalue weighted by Crippen LogP contribution is 2.30. The molecule has 0 aromatic heterocycles. The predicted octanol–water partition coefficient (Wildman–Crippen LogP) is 2.98. The number of nitrogens with one attached hydrogen (secondary N) is 1. The van der Waals surface area contributed by atoms with Crippen LogP contribution in [0.15, 0.2) is 48.5 Å². The Hall–Kier alpha value is -2.24. The predicted molar refractivity (Wildman–Crippen MR) is 99.1 cm³/mol. The number of carbonyl (C=O) groups excluding carboxylic acids is 1. The van der Waals surface area contributed by atoms with E-state index in [0.29, 0.717) is 19.8 Å². The summed E-state index contributed by atoms with van der Waals surface area (Å²) in [6.45, 7) is 1.76. The zero-order valence-corrected chi connectivity index (χ0v) is 14.8. The Kier molecular flexibility index (Phi) is 7.10. The van der Waals surface area contributed by atoms with Crippen LogP contribution in [0.2, 0.25) is 0 Å². The average molecular weight is 363 g/mol. The molecule has 0 bridgehead atoms. The minimum absolute atomic E-state index is 0. The van der Waals surface area contributed by atoms with Crippen LogP contribution in [-0.4, -0.2) is 19.1 Å². The summed E-state index contributed by atoms with van der Waals surface area (Å²) in [4.78, 5) is 12.1. The van der Waals surface area contributed by atoms with Crippen molar-refractivity contribution in [1.29, 1.82) is 0 Å². The number of halogens is 1. The molecule has 0 spiro atoms. The number of hydrogen-bond donors (Lipinski definition) is 2. The lowest BCUT2D eigenvalue weighted by atomic mass is 10.0. The highest BCUT2D eigenvalue weighted by molar-refractivity contribution is 5.85. The van der Waals surface area contributed by atoms with Gasteiger partial charge in [-0.1, -0.05) is 36.4 Å². The molecule has 134 valence electrons. The van der Waals surface area contributed by atoms with E-state index in [0.717, 1.165) is 29.0 Å². The van der Waals surface area contributed by atoms with Gasteiger partial charge in [-0.05, 0) is 23.3 Å². The molecule has 1 atom stereocenters. The molecule has 3 N–H and O–H groups in total. The summed E-state index contributed by atoms with van der Waals surface area (Å²) >= 11 is 0. The van der Waals surface area contributed by atoms with E-state index in [9.17, 15) is 4.79 Å². The molecule has 2 aromatic rings. The SMILES string of the molecule is Cl.NC(CC(=O)NCc1ccc2c(c1)OCCCO2)c1ccccc1. The highest BCUT2D eigenvalue weighted by Gasteiger charge is 2.13. The number of amides is 1. The third-order valence-electron chi connectivity index (χ3n) is 3.93. The number of fused-ring (bicyclic) bond motifs is 1. The van der Waals surface area contributed by atoms with E-state index in [1.165, 1.54) is 0 Å². The number of rotatable bonds is 5. The molecule has 2 aromatic carbocycles. The van der Waals surface area contributed by atoms with E-state index in [4.69, 9.17) is 15.2 Å². The second kappa shape index (κ2) is 9.30. The lowest BCUT2D eigenvalue weighted by Crippen LogP contribution is -2.27. The fraction of sp³-hybridized carbons (Fsp3) is 0.316. The van der Waals surface area contributed by atoms with Gasteiger partial charge < -0.3 is 20.5 Å². The minimum Gasteiger partial charge on any atom is -0.490 e. The second-order valence-electron chi connectivity index (χ2n) is 5.83. The zero-order chi connectivity index (χ0) is 16.8. The molecule has 0 saturated heterocycles.